The molecule has 5 heteroatoms. The number of rotatable bonds is 1. The zero-order valence-corrected chi connectivity index (χ0v) is 8.19. The summed E-state index contributed by atoms with van der Waals surface area (Å²) in [6.07, 6.45) is 0. The molecule has 72 valence electrons. The van der Waals surface area contributed by atoms with E-state index in [0.29, 0.717) is 11.4 Å². The first kappa shape index (κ1) is 9.08. The molecule has 0 aliphatic heterocycles. The largest absolute Gasteiger partial charge is 0.348 e. The van der Waals surface area contributed by atoms with Crippen LogP contribution in [0.1, 0.15) is 5.56 Å². The Kier molecular flexibility index (Phi) is 2.17. The summed E-state index contributed by atoms with van der Waals surface area (Å²) in [5, 5.41) is 2.56. The summed E-state index contributed by atoms with van der Waals surface area (Å²) in [5.74, 6) is 0.272. The first-order valence-electron chi connectivity index (χ1n) is 3.99. The molecule has 0 radical (unpaired) electrons. The van der Waals surface area contributed by atoms with Gasteiger partial charge in [0.05, 0.1) is 0 Å². The summed E-state index contributed by atoms with van der Waals surface area (Å²) in [6, 6.07) is 4.68. The number of hydrogen-bond acceptors (Lipinski definition) is 3. The maximum absolute atomic E-state index is 12.9. The Morgan fingerprint density at radius 1 is 1.50 bits per heavy atom. The van der Waals surface area contributed by atoms with Gasteiger partial charge < -0.3 is 4.52 Å². The van der Waals surface area contributed by atoms with E-state index in [2.05, 4.69) is 10.1 Å². The van der Waals surface area contributed by atoms with Gasteiger partial charge in [0.15, 0.2) is 5.82 Å². The Hall–Kier alpha value is -1.49. The molecule has 2 rings (SSSR count). The van der Waals surface area contributed by atoms with Crippen LogP contribution in [0.25, 0.3) is 11.4 Å². The van der Waals surface area contributed by atoms with Gasteiger partial charge in [-0.25, -0.2) is 9.55 Å². The molecule has 0 aliphatic rings. The van der Waals surface area contributed by atoms with E-state index >= 15 is 0 Å². The number of hydrogen-bond donors (Lipinski definition) is 1. The first-order valence-corrected chi connectivity index (χ1v) is 4.39. The Balaban J connectivity index is 2.52. The van der Waals surface area contributed by atoms with Gasteiger partial charge in [0.1, 0.15) is 5.82 Å². The third kappa shape index (κ3) is 1.58. The fraction of sp³-hybridized carbons (Fsp3) is 0.111. The van der Waals surface area contributed by atoms with Crippen molar-refractivity contribution in [2.75, 3.05) is 0 Å². The fourth-order valence-electron chi connectivity index (χ4n) is 1.14. The van der Waals surface area contributed by atoms with E-state index in [0.717, 1.165) is 5.56 Å². The zero-order valence-electron chi connectivity index (χ0n) is 7.37. The quantitative estimate of drug-likeness (QED) is 0.736. The summed E-state index contributed by atoms with van der Waals surface area (Å²) >= 11 is 4.71. The number of aromatic amines is 1. The van der Waals surface area contributed by atoms with Gasteiger partial charge in [-0.1, -0.05) is 0 Å². The van der Waals surface area contributed by atoms with Gasteiger partial charge in [-0.15, -0.1) is 0 Å². The topological polar surface area (TPSA) is 41.8 Å². The summed E-state index contributed by atoms with van der Waals surface area (Å²) in [7, 11) is 0. The average Bonchev–Trinajstić information content (AvgIpc) is 2.57. The second-order valence-electron chi connectivity index (χ2n) is 2.89. The lowest BCUT2D eigenvalue weighted by atomic mass is 10.1. The van der Waals surface area contributed by atoms with E-state index in [4.69, 9.17) is 16.7 Å². The Labute approximate surface area is 84.6 Å². The van der Waals surface area contributed by atoms with Crippen LogP contribution in [0.5, 0.6) is 0 Å². The van der Waals surface area contributed by atoms with Crippen molar-refractivity contribution in [2.24, 2.45) is 0 Å². The monoisotopic (exact) mass is 210 g/mol. The Morgan fingerprint density at radius 3 is 2.86 bits per heavy atom. The second kappa shape index (κ2) is 3.34. The Bertz CT molecular complexity index is 518. The highest BCUT2D eigenvalue weighted by atomic mass is 32.1. The highest BCUT2D eigenvalue weighted by molar-refractivity contribution is 7.71. The highest BCUT2D eigenvalue weighted by Gasteiger charge is 2.04. The van der Waals surface area contributed by atoms with Crippen LogP contribution in [-0.4, -0.2) is 10.1 Å². The molecule has 0 atom stereocenters. The molecular formula is C9H7FN2OS. The van der Waals surface area contributed by atoms with E-state index in [-0.39, 0.29) is 10.7 Å². The van der Waals surface area contributed by atoms with Crippen molar-refractivity contribution >= 4 is 12.2 Å². The van der Waals surface area contributed by atoms with Crippen molar-refractivity contribution in [2.45, 2.75) is 6.92 Å². The van der Waals surface area contributed by atoms with Crippen LogP contribution >= 0.6 is 12.2 Å². The molecule has 1 aromatic carbocycles. The van der Waals surface area contributed by atoms with E-state index in [1.54, 1.807) is 19.1 Å². The maximum Gasteiger partial charge on any atom is 0.314 e. The number of nitrogens with zero attached hydrogens (tertiary/aromatic N) is 1. The predicted molar refractivity (Wildman–Crippen MR) is 51.8 cm³/mol. The highest BCUT2D eigenvalue weighted by Crippen LogP contribution is 2.17. The van der Waals surface area contributed by atoms with Crippen LogP contribution in [0.4, 0.5) is 4.39 Å². The molecule has 1 N–H and O–H groups in total. The minimum Gasteiger partial charge on any atom is -0.348 e. The standard InChI is InChI=1S/C9H7FN2OS/c1-5-4-6(2-3-7(5)10)8-11-9(14)13-12-8/h2-4H,1H3,(H,11,12,14). The van der Waals surface area contributed by atoms with Crippen LogP contribution in [-0.2, 0) is 0 Å². The fourth-order valence-corrected chi connectivity index (χ4v) is 1.28. The number of nitrogens with one attached hydrogen (secondary N) is 1. The molecule has 0 amide bonds. The van der Waals surface area contributed by atoms with Crippen molar-refractivity contribution in [1.82, 2.24) is 10.1 Å². The van der Waals surface area contributed by atoms with Crippen LogP contribution < -0.4 is 0 Å². The Morgan fingerprint density at radius 2 is 2.29 bits per heavy atom. The van der Waals surface area contributed by atoms with E-state index in [1.165, 1.54) is 6.07 Å². The third-order valence-electron chi connectivity index (χ3n) is 1.87. The number of halogens is 1. The summed E-state index contributed by atoms with van der Waals surface area (Å²) in [4.78, 5) is 4.06. The lowest BCUT2D eigenvalue weighted by Gasteiger charge is -1.98. The van der Waals surface area contributed by atoms with Crippen LogP contribution in [0.2, 0.25) is 0 Å². The minimum atomic E-state index is -0.240. The molecule has 3 nitrogen and oxygen atoms in total. The first-order chi connectivity index (χ1) is 6.66. The van der Waals surface area contributed by atoms with Crippen molar-refractivity contribution < 1.29 is 8.91 Å². The molecule has 0 fully saturated rings. The van der Waals surface area contributed by atoms with Gasteiger partial charge >= 0.3 is 4.84 Å². The van der Waals surface area contributed by atoms with E-state index in [1.807, 2.05) is 0 Å². The lowest BCUT2D eigenvalue weighted by Crippen LogP contribution is -1.85. The van der Waals surface area contributed by atoms with Crippen molar-refractivity contribution in [3.63, 3.8) is 0 Å². The summed E-state index contributed by atoms with van der Waals surface area (Å²) in [6.45, 7) is 1.69. The number of aryl methyl sites for hydroxylation is 1. The molecule has 1 aromatic heterocycles. The smallest absolute Gasteiger partial charge is 0.314 e. The number of aromatic nitrogens is 2. The molecule has 0 saturated heterocycles. The third-order valence-corrected chi connectivity index (χ3v) is 2.04. The summed E-state index contributed by atoms with van der Waals surface area (Å²) < 4.78 is 17.7. The second-order valence-corrected chi connectivity index (χ2v) is 3.24. The SMILES string of the molecule is Cc1cc(-c2nc(=S)o[nH]2)ccc1F. The van der Waals surface area contributed by atoms with Crippen molar-refractivity contribution in [1.29, 1.82) is 0 Å². The van der Waals surface area contributed by atoms with E-state index < -0.39 is 0 Å². The normalized spacial score (nSPS) is 10.4. The number of benzene rings is 1. The van der Waals surface area contributed by atoms with Crippen molar-refractivity contribution in [3.8, 4) is 11.4 Å². The van der Waals surface area contributed by atoms with Gasteiger partial charge in [-0.05, 0) is 42.9 Å². The zero-order chi connectivity index (χ0) is 10.1. The predicted octanol–water partition coefficient (Wildman–Crippen LogP) is 2.85. The minimum absolute atomic E-state index is 0.141. The number of H-pyrrole nitrogens is 1. The molecular weight excluding hydrogens is 203 g/mol. The molecule has 0 aliphatic carbocycles. The van der Waals surface area contributed by atoms with Gasteiger partial charge in [-0.2, -0.15) is 4.98 Å². The van der Waals surface area contributed by atoms with E-state index in [9.17, 15) is 4.39 Å². The van der Waals surface area contributed by atoms with Crippen LogP contribution in [0, 0.1) is 17.6 Å². The molecule has 1 heterocycles. The molecule has 0 saturated carbocycles. The maximum atomic E-state index is 12.9. The molecule has 0 unspecified atom stereocenters. The molecule has 2 aromatic rings. The van der Waals surface area contributed by atoms with Gasteiger partial charge in [0, 0.05) is 5.56 Å². The summed E-state index contributed by atoms with van der Waals surface area (Å²) in [5.41, 5.74) is 1.31. The van der Waals surface area contributed by atoms with Gasteiger partial charge in [-0.3, -0.25) is 0 Å². The lowest BCUT2D eigenvalue weighted by molar-refractivity contribution is 0.406. The average molecular weight is 210 g/mol. The van der Waals surface area contributed by atoms with Crippen molar-refractivity contribution in [3.05, 3.63) is 34.4 Å². The van der Waals surface area contributed by atoms with Crippen LogP contribution in [0.3, 0.4) is 0 Å². The van der Waals surface area contributed by atoms with Gasteiger partial charge in [0.2, 0.25) is 0 Å². The molecule has 14 heavy (non-hydrogen) atoms. The molecule has 0 bridgehead atoms. The van der Waals surface area contributed by atoms with Gasteiger partial charge in [0.25, 0.3) is 0 Å². The molecule has 0 spiro atoms. The van der Waals surface area contributed by atoms with Crippen LogP contribution in [0.15, 0.2) is 22.7 Å².